The van der Waals surface area contributed by atoms with Crippen molar-refractivity contribution in [2.24, 2.45) is 0 Å². The van der Waals surface area contributed by atoms with E-state index in [9.17, 15) is 23.2 Å². The largest absolute Gasteiger partial charge is 0.455 e. The highest BCUT2D eigenvalue weighted by Gasteiger charge is 2.37. The molecule has 3 aromatic heterocycles. The first kappa shape index (κ1) is 25.7. The SMILES string of the molecule is CNCc1cc(C#N)cc(C)c1NC(=O)c1cc(Cn2nnc(C(F)(F)F)n2)nn1-c1ncccc1Cl. The molecule has 0 unspecified atom stereocenters. The van der Waals surface area contributed by atoms with Gasteiger partial charge in [-0.15, -0.1) is 10.2 Å². The molecule has 0 spiro atoms. The Morgan fingerprint density at radius 3 is 2.68 bits per heavy atom. The number of anilines is 1. The first-order valence-corrected chi connectivity index (χ1v) is 11.0. The maximum absolute atomic E-state index is 13.5. The zero-order chi connectivity index (χ0) is 26.7. The third-order valence-electron chi connectivity index (χ3n) is 5.09. The van der Waals surface area contributed by atoms with E-state index in [0.717, 1.165) is 0 Å². The molecule has 4 rings (SSSR count). The Kier molecular flexibility index (Phi) is 7.18. The first-order valence-electron chi connectivity index (χ1n) is 10.6. The fourth-order valence-electron chi connectivity index (χ4n) is 3.54. The van der Waals surface area contributed by atoms with E-state index in [1.807, 2.05) is 0 Å². The molecular formula is C22H18ClF3N10O. The Bertz CT molecular complexity index is 1510. The van der Waals surface area contributed by atoms with Crippen LogP contribution in [0.2, 0.25) is 5.02 Å². The fourth-order valence-corrected chi connectivity index (χ4v) is 3.75. The second-order valence-electron chi connectivity index (χ2n) is 7.81. The summed E-state index contributed by atoms with van der Waals surface area (Å²) in [5.41, 5.74) is 2.43. The fraction of sp³-hybridized carbons (Fsp3) is 0.227. The van der Waals surface area contributed by atoms with E-state index in [-0.39, 0.29) is 28.8 Å². The number of alkyl halides is 3. The Hall–Kier alpha value is -4.35. The first-order chi connectivity index (χ1) is 17.6. The molecule has 1 amide bonds. The zero-order valence-corrected chi connectivity index (χ0v) is 20.1. The van der Waals surface area contributed by atoms with Crippen molar-refractivity contribution >= 4 is 23.2 Å². The summed E-state index contributed by atoms with van der Waals surface area (Å²) in [5, 5.41) is 29.4. The van der Waals surface area contributed by atoms with Crippen molar-refractivity contribution in [3.05, 3.63) is 75.5 Å². The molecular weight excluding hydrogens is 513 g/mol. The normalized spacial score (nSPS) is 11.4. The quantitative estimate of drug-likeness (QED) is 0.371. The van der Waals surface area contributed by atoms with Crippen molar-refractivity contribution in [1.29, 1.82) is 5.26 Å². The summed E-state index contributed by atoms with van der Waals surface area (Å²) in [6.07, 6.45) is -3.30. The third-order valence-corrected chi connectivity index (χ3v) is 5.39. The lowest BCUT2D eigenvalue weighted by atomic mass is 10.0. The molecule has 15 heteroatoms. The number of hydrogen-bond acceptors (Lipinski definition) is 8. The molecule has 0 saturated heterocycles. The highest BCUT2D eigenvalue weighted by Crippen LogP contribution is 2.26. The van der Waals surface area contributed by atoms with Gasteiger partial charge in [0.1, 0.15) is 12.2 Å². The summed E-state index contributed by atoms with van der Waals surface area (Å²) in [4.78, 5) is 18.4. The average molecular weight is 531 g/mol. The van der Waals surface area contributed by atoms with E-state index >= 15 is 0 Å². The number of carbonyl (C=O) groups excluding carboxylic acids is 1. The number of halogens is 4. The molecule has 0 aliphatic carbocycles. The summed E-state index contributed by atoms with van der Waals surface area (Å²) < 4.78 is 39.8. The lowest BCUT2D eigenvalue weighted by Crippen LogP contribution is -2.20. The van der Waals surface area contributed by atoms with Crippen LogP contribution in [0.3, 0.4) is 0 Å². The van der Waals surface area contributed by atoms with E-state index in [2.05, 4.69) is 42.2 Å². The number of nitriles is 1. The lowest BCUT2D eigenvalue weighted by Gasteiger charge is -2.15. The maximum atomic E-state index is 13.5. The number of aromatic nitrogens is 7. The third kappa shape index (κ3) is 5.57. The summed E-state index contributed by atoms with van der Waals surface area (Å²) >= 11 is 6.28. The van der Waals surface area contributed by atoms with Crippen molar-refractivity contribution in [3.8, 4) is 11.9 Å². The maximum Gasteiger partial charge on any atom is 0.455 e. The Labute approximate surface area is 212 Å². The lowest BCUT2D eigenvalue weighted by molar-refractivity contribution is -0.145. The number of amides is 1. The van der Waals surface area contributed by atoms with Crippen LogP contribution in [0.5, 0.6) is 0 Å². The van der Waals surface area contributed by atoms with Crippen LogP contribution in [0.4, 0.5) is 18.9 Å². The van der Waals surface area contributed by atoms with Crippen LogP contribution in [0, 0.1) is 18.3 Å². The van der Waals surface area contributed by atoms with E-state index in [0.29, 0.717) is 33.7 Å². The molecule has 0 aliphatic heterocycles. The molecule has 1 aromatic carbocycles. The number of pyridine rings is 1. The summed E-state index contributed by atoms with van der Waals surface area (Å²) in [6.45, 7) is 1.83. The number of aryl methyl sites for hydroxylation is 1. The molecule has 0 aliphatic rings. The van der Waals surface area contributed by atoms with E-state index < -0.39 is 17.9 Å². The van der Waals surface area contributed by atoms with Gasteiger partial charge in [-0.05, 0) is 60.6 Å². The van der Waals surface area contributed by atoms with Gasteiger partial charge in [-0.3, -0.25) is 4.79 Å². The van der Waals surface area contributed by atoms with Gasteiger partial charge in [-0.1, -0.05) is 11.6 Å². The topological polar surface area (TPSA) is 139 Å². The monoisotopic (exact) mass is 530 g/mol. The second kappa shape index (κ2) is 10.3. The van der Waals surface area contributed by atoms with Crippen LogP contribution < -0.4 is 10.6 Å². The molecule has 0 radical (unpaired) electrons. The Morgan fingerprint density at radius 1 is 1.24 bits per heavy atom. The summed E-state index contributed by atoms with van der Waals surface area (Å²) in [6, 6.07) is 9.90. The predicted molar refractivity (Wildman–Crippen MR) is 125 cm³/mol. The average Bonchev–Trinajstić information content (AvgIpc) is 3.49. The van der Waals surface area contributed by atoms with Gasteiger partial charge < -0.3 is 10.6 Å². The number of rotatable bonds is 7. The van der Waals surface area contributed by atoms with Crippen LogP contribution in [0.15, 0.2) is 36.5 Å². The molecule has 0 atom stereocenters. The number of tetrazole rings is 1. The van der Waals surface area contributed by atoms with Crippen molar-refractivity contribution in [2.45, 2.75) is 26.2 Å². The van der Waals surface area contributed by atoms with Gasteiger partial charge in [0, 0.05) is 18.4 Å². The van der Waals surface area contributed by atoms with Crippen LogP contribution >= 0.6 is 11.6 Å². The van der Waals surface area contributed by atoms with Gasteiger partial charge in [-0.25, -0.2) is 9.67 Å². The number of carbonyl (C=O) groups is 1. The van der Waals surface area contributed by atoms with Gasteiger partial charge in [0.25, 0.3) is 11.7 Å². The molecule has 2 N–H and O–H groups in total. The van der Waals surface area contributed by atoms with Crippen LogP contribution in [0.1, 0.15) is 38.7 Å². The standard InChI is InChI=1S/C22H18ClF3N10O/c1-12-6-13(9-27)7-14(10-28-2)18(12)30-20(37)17-8-15(11-35-33-21(31-34-35)22(24,25)26)32-36(17)19-16(23)4-3-5-29-19/h3-8,28H,10-11H2,1-2H3,(H,30,37). The zero-order valence-electron chi connectivity index (χ0n) is 19.4. The molecule has 190 valence electrons. The highest BCUT2D eigenvalue weighted by atomic mass is 35.5. The van der Waals surface area contributed by atoms with E-state index in [4.69, 9.17) is 11.6 Å². The second-order valence-corrected chi connectivity index (χ2v) is 8.21. The molecule has 37 heavy (non-hydrogen) atoms. The van der Waals surface area contributed by atoms with Crippen molar-refractivity contribution in [2.75, 3.05) is 12.4 Å². The number of nitrogens with one attached hydrogen (secondary N) is 2. The van der Waals surface area contributed by atoms with Gasteiger partial charge in [-0.2, -0.15) is 28.3 Å². The summed E-state index contributed by atoms with van der Waals surface area (Å²) in [7, 11) is 1.73. The predicted octanol–water partition coefficient (Wildman–Crippen LogP) is 3.13. The molecule has 11 nitrogen and oxygen atoms in total. The van der Waals surface area contributed by atoms with E-state index in [1.165, 1.54) is 16.9 Å². The minimum Gasteiger partial charge on any atom is -0.320 e. The Morgan fingerprint density at radius 2 is 2.03 bits per heavy atom. The minimum absolute atomic E-state index is 0.00549. The van der Waals surface area contributed by atoms with Crippen molar-refractivity contribution in [1.82, 2.24) is 40.3 Å². The van der Waals surface area contributed by atoms with Crippen molar-refractivity contribution in [3.63, 3.8) is 0 Å². The molecule has 4 aromatic rings. The molecule has 0 fully saturated rings. The Balaban J connectivity index is 1.73. The number of nitrogens with zero attached hydrogens (tertiary/aromatic N) is 8. The van der Waals surface area contributed by atoms with Gasteiger partial charge in [0.2, 0.25) is 0 Å². The summed E-state index contributed by atoms with van der Waals surface area (Å²) in [5.74, 6) is -1.85. The highest BCUT2D eigenvalue weighted by molar-refractivity contribution is 6.32. The van der Waals surface area contributed by atoms with Crippen LogP contribution in [-0.4, -0.2) is 47.9 Å². The van der Waals surface area contributed by atoms with Gasteiger partial charge >= 0.3 is 6.18 Å². The number of benzene rings is 1. The van der Waals surface area contributed by atoms with Gasteiger partial charge in [0.15, 0.2) is 5.82 Å². The molecule has 0 saturated carbocycles. The number of hydrogen-bond donors (Lipinski definition) is 2. The van der Waals surface area contributed by atoms with E-state index in [1.54, 1.807) is 38.2 Å². The van der Waals surface area contributed by atoms with Crippen LogP contribution in [0.25, 0.3) is 5.82 Å². The smallest absolute Gasteiger partial charge is 0.320 e. The molecule has 3 heterocycles. The van der Waals surface area contributed by atoms with Crippen molar-refractivity contribution < 1.29 is 18.0 Å². The van der Waals surface area contributed by atoms with Crippen LogP contribution in [-0.2, 0) is 19.3 Å². The minimum atomic E-state index is -4.76. The molecule has 0 bridgehead atoms. The van der Waals surface area contributed by atoms with Gasteiger partial charge in [0.05, 0.1) is 22.3 Å².